The third kappa shape index (κ3) is 4.60. The molecule has 1 aliphatic heterocycles. The van der Waals surface area contributed by atoms with E-state index in [9.17, 15) is 8.42 Å². The van der Waals surface area contributed by atoms with E-state index in [1.807, 2.05) is 31.2 Å². The summed E-state index contributed by atoms with van der Waals surface area (Å²) in [5.41, 5.74) is 1.93. The molecule has 2 unspecified atom stereocenters. The van der Waals surface area contributed by atoms with Gasteiger partial charge in [0.1, 0.15) is 0 Å². The van der Waals surface area contributed by atoms with Crippen LogP contribution in [-0.4, -0.2) is 27.0 Å². The Labute approximate surface area is 115 Å². The number of aryl methyl sites for hydroxylation is 1. The third-order valence-corrected chi connectivity index (χ3v) is 4.81. The summed E-state index contributed by atoms with van der Waals surface area (Å²) >= 11 is 0. The van der Waals surface area contributed by atoms with Gasteiger partial charge in [-0.3, -0.25) is 0 Å². The summed E-state index contributed by atoms with van der Waals surface area (Å²) in [5.74, 6) is 0.0625. The molecule has 2 rings (SSSR count). The largest absolute Gasteiger partial charge is 0.314 e. The van der Waals surface area contributed by atoms with Crippen molar-refractivity contribution >= 4 is 10.0 Å². The van der Waals surface area contributed by atoms with E-state index in [1.165, 1.54) is 0 Å². The van der Waals surface area contributed by atoms with Crippen LogP contribution in [0.3, 0.4) is 0 Å². The molecule has 1 heterocycles. The molecule has 19 heavy (non-hydrogen) atoms. The lowest BCUT2D eigenvalue weighted by atomic mass is 10.0. The quantitative estimate of drug-likeness (QED) is 0.881. The predicted molar refractivity (Wildman–Crippen MR) is 77.4 cm³/mol. The van der Waals surface area contributed by atoms with Crippen LogP contribution in [0.25, 0.3) is 0 Å². The van der Waals surface area contributed by atoms with Crippen LogP contribution in [0, 0.1) is 6.92 Å². The average molecular weight is 282 g/mol. The highest BCUT2D eigenvalue weighted by molar-refractivity contribution is 7.88. The SMILES string of the molecule is Cc1cccc(CS(=O)(=O)NC2CCNC(C)C2)c1. The fourth-order valence-electron chi connectivity index (χ4n) is 2.56. The molecule has 1 aromatic carbocycles. The van der Waals surface area contributed by atoms with Crippen molar-refractivity contribution in [1.29, 1.82) is 0 Å². The van der Waals surface area contributed by atoms with Crippen LogP contribution in [0.15, 0.2) is 24.3 Å². The standard InChI is InChI=1S/C14H22N2O2S/c1-11-4-3-5-13(8-11)10-19(17,18)16-14-6-7-15-12(2)9-14/h3-5,8,12,14-16H,6-7,9-10H2,1-2H3. The van der Waals surface area contributed by atoms with E-state index in [1.54, 1.807) is 0 Å². The maximum absolute atomic E-state index is 12.2. The second-order valence-corrected chi connectivity index (χ2v) is 7.20. The molecule has 0 amide bonds. The zero-order chi connectivity index (χ0) is 13.9. The van der Waals surface area contributed by atoms with Crippen molar-refractivity contribution < 1.29 is 8.42 Å². The van der Waals surface area contributed by atoms with Gasteiger partial charge in [0, 0.05) is 12.1 Å². The molecule has 0 bridgehead atoms. The Bertz CT molecular complexity index is 528. The fourth-order valence-corrected chi connectivity index (χ4v) is 3.98. The molecule has 1 aromatic rings. The molecule has 4 nitrogen and oxygen atoms in total. The molecule has 106 valence electrons. The van der Waals surface area contributed by atoms with E-state index in [0.717, 1.165) is 30.5 Å². The number of hydrogen-bond acceptors (Lipinski definition) is 3. The number of hydrogen-bond donors (Lipinski definition) is 2. The van der Waals surface area contributed by atoms with Gasteiger partial charge < -0.3 is 5.32 Å². The molecule has 0 saturated carbocycles. The van der Waals surface area contributed by atoms with Crippen molar-refractivity contribution in [2.75, 3.05) is 6.54 Å². The van der Waals surface area contributed by atoms with Crippen molar-refractivity contribution in [3.05, 3.63) is 35.4 Å². The summed E-state index contributed by atoms with van der Waals surface area (Å²) in [6.07, 6.45) is 1.71. The molecule has 0 aromatic heterocycles. The maximum Gasteiger partial charge on any atom is 0.216 e. The van der Waals surface area contributed by atoms with Gasteiger partial charge in [-0.15, -0.1) is 0 Å². The molecule has 2 N–H and O–H groups in total. The number of rotatable bonds is 4. The zero-order valence-electron chi connectivity index (χ0n) is 11.5. The number of benzene rings is 1. The van der Waals surface area contributed by atoms with Crippen molar-refractivity contribution in [2.24, 2.45) is 0 Å². The molecule has 2 atom stereocenters. The highest BCUT2D eigenvalue weighted by Gasteiger charge is 2.23. The van der Waals surface area contributed by atoms with Gasteiger partial charge in [-0.05, 0) is 38.8 Å². The fraction of sp³-hybridized carbons (Fsp3) is 0.571. The Morgan fingerprint density at radius 1 is 1.42 bits per heavy atom. The van der Waals surface area contributed by atoms with Gasteiger partial charge in [0.2, 0.25) is 10.0 Å². The minimum Gasteiger partial charge on any atom is -0.314 e. The molecule has 5 heteroatoms. The number of piperidine rings is 1. The van der Waals surface area contributed by atoms with Gasteiger partial charge in [-0.25, -0.2) is 13.1 Å². The summed E-state index contributed by atoms with van der Waals surface area (Å²) in [6.45, 7) is 4.93. The minimum absolute atomic E-state index is 0.0612. The second kappa shape index (κ2) is 6.03. The second-order valence-electron chi connectivity index (χ2n) is 5.44. The predicted octanol–water partition coefficient (Wildman–Crippen LogP) is 1.55. The summed E-state index contributed by atoms with van der Waals surface area (Å²) in [6, 6.07) is 8.08. The summed E-state index contributed by atoms with van der Waals surface area (Å²) in [7, 11) is -3.25. The Balaban J connectivity index is 1.98. The van der Waals surface area contributed by atoms with Gasteiger partial charge in [-0.2, -0.15) is 0 Å². The van der Waals surface area contributed by atoms with Gasteiger partial charge in [0.15, 0.2) is 0 Å². The van der Waals surface area contributed by atoms with Gasteiger partial charge in [0.05, 0.1) is 5.75 Å². The van der Waals surface area contributed by atoms with E-state index >= 15 is 0 Å². The van der Waals surface area contributed by atoms with Gasteiger partial charge in [0.25, 0.3) is 0 Å². The number of nitrogens with one attached hydrogen (secondary N) is 2. The summed E-state index contributed by atoms with van der Waals surface area (Å²) < 4.78 is 27.1. The van der Waals surface area contributed by atoms with Crippen LogP contribution in [0.5, 0.6) is 0 Å². The lowest BCUT2D eigenvalue weighted by Crippen LogP contribution is -2.46. The first-order valence-corrected chi connectivity index (χ1v) is 8.39. The van der Waals surface area contributed by atoms with Crippen LogP contribution in [0.1, 0.15) is 30.9 Å². The van der Waals surface area contributed by atoms with Crippen molar-refractivity contribution in [3.8, 4) is 0 Å². The normalized spacial score (nSPS) is 24.3. The molecule has 1 aliphatic rings. The summed E-state index contributed by atoms with van der Waals surface area (Å²) in [5, 5.41) is 3.32. The van der Waals surface area contributed by atoms with E-state index in [-0.39, 0.29) is 11.8 Å². The first kappa shape index (κ1) is 14.5. The van der Waals surface area contributed by atoms with Crippen LogP contribution in [0.4, 0.5) is 0 Å². The minimum atomic E-state index is -3.25. The first-order chi connectivity index (χ1) is 8.94. The highest BCUT2D eigenvalue weighted by Crippen LogP contribution is 2.12. The third-order valence-electron chi connectivity index (χ3n) is 3.41. The average Bonchev–Trinajstić information content (AvgIpc) is 2.27. The van der Waals surface area contributed by atoms with Crippen molar-refractivity contribution in [2.45, 2.75) is 44.5 Å². The van der Waals surface area contributed by atoms with E-state index in [2.05, 4.69) is 17.0 Å². The monoisotopic (exact) mass is 282 g/mol. The Hall–Kier alpha value is -0.910. The molecule has 1 fully saturated rings. The van der Waals surface area contributed by atoms with E-state index in [0.29, 0.717) is 6.04 Å². The summed E-state index contributed by atoms with van der Waals surface area (Å²) in [4.78, 5) is 0. The molecule has 1 saturated heterocycles. The van der Waals surface area contributed by atoms with Gasteiger partial charge >= 0.3 is 0 Å². The Morgan fingerprint density at radius 2 is 2.21 bits per heavy atom. The molecule has 0 radical (unpaired) electrons. The molecular formula is C14H22N2O2S. The Kier molecular flexibility index (Phi) is 4.60. The van der Waals surface area contributed by atoms with Crippen LogP contribution < -0.4 is 10.0 Å². The molecule has 0 aliphatic carbocycles. The molecular weight excluding hydrogens is 260 g/mol. The van der Waals surface area contributed by atoms with Crippen molar-refractivity contribution in [3.63, 3.8) is 0 Å². The first-order valence-electron chi connectivity index (χ1n) is 6.73. The van der Waals surface area contributed by atoms with E-state index < -0.39 is 10.0 Å². The van der Waals surface area contributed by atoms with Crippen molar-refractivity contribution in [1.82, 2.24) is 10.0 Å². The van der Waals surface area contributed by atoms with E-state index in [4.69, 9.17) is 0 Å². The van der Waals surface area contributed by atoms with Gasteiger partial charge in [-0.1, -0.05) is 29.8 Å². The smallest absolute Gasteiger partial charge is 0.216 e. The Morgan fingerprint density at radius 3 is 2.89 bits per heavy atom. The lowest BCUT2D eigenvalue weighted by molar-refractivity contribution is 0.361. The maximum atomic E-state index is 12.2. The number of sulfonamides is 1. The lowest BCUT2D eigenvalue weighted by Gasteiger charge is -2.28. The van der Waals surface area contributed by atoms with Crippen LogP contribution in [-0.2, 0) is 15.8 Å². The van der Waals surface area contributed by atoms with Crippen LogP contribution >= 0.6 is 0 Å². The van der Waals surface area contributed by atoms with Crippen LogP contribution in [0.2, 0.25) is 0 Å². The topological polar surface area (TPSA) is 58.2 Å². The zero-order valence-corrected chi connectivity index (χ0v) is 12.3. The molecule has 0 spiro atoms. The highest BCUT2D eigenvalue weighted by atomic mass is 32.2.